The quantitative estimate of drug-likeness (QED) is 0.266. The van der Waals surface area contributed by atoms with E-state index >= 15 is 0 Å². The van der Waals surface area contributed by atoms with Crippen molar-refractivity contribution in [1.29, 1.82) is 0 Å². The molecule has 26 heavy (non-hydrogen) atoms. The topological polar surface area (TPSA) is 141 Å². The summed E-state index contributed by atoms with van der Waals surface area (Å²) in [6, 6.07) is 7.33. The standard InChI is InChI=1S/C18H26N6O2/c1-11-3-5-13(6-4-11)24-17(20)14(18(21)25)9-22-12(2)23-16-7-8-26-10-15(16)19/h3-6,9,15-16,22-23H,2,7-8,10,19H2,1H3,(H2,20,24)(H2,21,25)/t15-,16?/m0/s1. The molecule has 0 aliphatic carbocycles. The second kappa shape index (κ2) is 9.02. The number of carbonyl (C=O) groups is 1. The van der Waals surface area contributed by atoms with Gasteiger partial charge in [-0.15, -0.1) is 0 Å². The van der Waals surface area contributed by atoms with E-state index in [4.69, 9.17) is 21.9 Å². The molecule has 8 heteroatoms. The Balaban J connectivity index is 2.04. The molecule has 1 aromatic carbocycles. The van der Waals surface area contributed by atoms with Gasteiger partial charge < -0.3 is 32.6 Å². The second-order valence-corrected chi connectivity index (χ2v) is 6.16. The zero-order valence-corrected chi connectivity index (χ0v) is 14.9. The van der Waals surface area contributed by atoms with Crippen molar-refractivity contribution in [2.75, 3.05) is 13.2 Å². The summed E-state index contributed by atoms with van der Waals surface area (Å²) in [6.45, 7) is 6.97. The molecule has 1 unspecified atom stereocenters. The number of aryl methyl sites for hydroxylation is 1. The Bertz CT molecular complexity index is 711. The highest BCUT2D eigenvalue weighted by atomic mass is 16.5. The summed E-state index contributed by atoms with van der Waals surface area (Å²) in [5.74, 6) is -0.194. The van der Waals surface area contributed by atoms with Crippen LogP contribution in [0, 0.1) is 6.92 Å². The molecule has 0 aromatic heterocycles. The lowest BCUT2D eigenvalue weighted by Crippen LogP contribution is -2.51. The zero-order chi connectivity index (χ0) is 19.1. The second-order valence-electron chi connectivity index (χ2n) is 6.16. The molecule has 2 atom stereocenters. The molecule has 1 heterocycles. The van der Waals surface area contributed by atoms with Crippen LogP contribution in [-0.2, 0) is 9.53 Å². The lowest BCUT2D eigenvalue weighted by atomic mass is 10.0. The van der Waals surface area contributed by atoms with Gasteiger partial charge in [0, 0.05) is 24.9 Å². The number of hydrogen-bond donors (Lipinski definition) is 5. The Kier molecular flexibility index (Phi) is 6.76. The first-order valence-electron chi connectivity index (χ1n) is 8.33. The first kappa shape index (κ1) is 19.5. The zero-order valence-electron chi connectivity index (χ0n) is 14.9. The fraction of sp³-hybridized carbons (Fsp3) is 0.333. The molecular weight excluding hydrogens is 332 g/mol. The van der Waals surface area contributed by atoms with E-state index in [1.165, 1.54) is 6.20 Å². The number of amides is 1. The van der Waals surface area contributed by atoms with Crippen LogP contribution < -0.4 is 27.8 Å². The number of hydrogen-bond acceptors (Lipinski definition) is 6. The van der Waals surface area contributed by atoms with Gasteiger partial charge in [0.05, 0.1) is 23.7 Å². The van der Waals surface area contributed by atoms with Gasteiger partial charge in [0.2, 0.25) is 0 Å². The van der Waals surface area contributed by atoms with E-state index in [-0.39, 0.29) is 23.5 Å². The molecule has 0 saturated carbocycles. The van der Waals surface area contributed by atoms with Gasteiger partial charge in [-0.3, -0.25) is 4.79 Å². The van der Waals surface area contributed by atoms with Crippen LogP contribution in [0.5, 0.6) is 0 Å². The highest BCUT2D eigenvalue weighted by molar-refractivity contribution is 6.20. The van der Waals surface area contributed by atoms with Gasteiger partial charge in [-0.05, 0) is 25.5 Å². The molecule has 0 spiro atoms. The van der Waals surface area contributed by atoms with Crippen molar-refractivity contribution in [1.82, 2.24) is 10.6 Å². The van der Waals surface area contributed by atoms with Gasteiger partial charge in [0.25, 0.3) is 5.91 Å². The van der Waals surface area contributed by atoms with Crippen molar-refractivity contribution < 1.29 is 9.53 Å². The number of nitrogens with one attached hydrogen (secondary N) is 2. The monoisotopic (exact) mass is 358 g/mol. The fourth-order valence-electron chi connectivity index (χ4n) is 2.45. The van der Waals surface area contributed by atoms with Crippen LogP contribution in [0.1, 0.15) is 12.0 Å². The Morgan fingerprint density at radius 3 is 2.65 bits per heavy atom. The average Bonchev–Trinajstić information content (AvgIpc) is 2.59. The van der Waals surface area contributed by atoms with Gasteiger partial charge in [-0.1, -0.05) is 24.3 Å². The maximum Gasteiger partial charge on any atom is 0.253 e. The third-order valence-corrected chi connectivity index (χ3v) is 3.98. The Morgan fingerprint density at radius 2 is 2.04 bits per heavy atom. The first-order chi connectivity index (χ1) is 12.4. The number of carbonyl (C=O) groups excluding carboxylic acids is 1. The Labute approximate surface area is 153 Å². The highest BCUT2D eigenvalue weighted by Gasteiger charge is 2.22. The van der Waals surface area contributed by atoms with Crippen LogP contribution in [0.2, 0.25) is 0 Å². The minimum absolute atomic E-state index is 0.0180. The molecule has 0 radical (unpaired) electrons. The molecule has 1 aliphatic rings. The largest absolute Gasteiger partial charge is 0.383 e. The number of nitrogens with zero attached hydrogens (tertiary/aromatic N) is 1. The Hall–Kier alpha value is -2.84. The smallest absolute Gasteiger partial charge is 0.253 e. The van der Waals surface area contributed by atoms with Gasteiger partial charge in [0.1, 0.15) is 5.84 Å². The molecule has 1 aliphatic heterocycles. The molecule has 1 fully saturated rings. The van der Waals surface area contributed by atoms with E-state index in [9.17, 15) is 4.79 Å². The number of nitrogens with two attached hydrogens (primary N) is 3. The lowest BCUT2D eigenvalue weighted by molar-refractivity contribution is -0.114. The molecule has 1 amide bonds. The predicted octanol–water partition coefficient (Wildman–Crippen LogP) is 0.120. The maximum atomic E-state index is 11.7. The van der Waals surface area contributed by atoms with Crippen LogP contribution in [-0.4, -0.2) is 37.0 Å². The third-order valence-electron chi connectivity index (χ3n) is 3.98. The summed E-state index contributed by atoms with van der Waals surface area (Å²) in [5.41, 5.74) is 19.1. The molecule has 8 nitrogen and oxygen atoms in total. The first-order valence-corrected chi connectivity index (χ1v) is 8.33. The molecular formula is C18H26N6O2. The number of primary amides is 1. The molecule has 8 N–H and O–H groups in total. The van der Waals surface area contributed by atoms with Crippen LogP contribution in [0.25, 0.3) is 0 Å². The van der Waals surface area contributed by atoms with Crippen molar-refractivity contribution in [2.45, 2.75) is 25.4 Å². The SMILES string of the molecule is C=C(NC=C(C(N)=O)C(N)=Nc1ccc(C)cc1)NC1CCOC[C@@H]1N. The molecule has 1 aromatic rings. The van der Waals surface area contributed by atoms with Crippen molar-refractivity contribution >= 4 is 17.4 Å². The summed E-state index contributed by atoms with van der Waals surface area (Å²) in [5, 5.41) is 6.05. The van der Waals surface area contributed by atoms with Crippen molar-refractivity contribution in [3.05, 3.63) is 54.0 Å². The number of aliphatic imine (C=N–C) groups is 1. The highest BCUT2D eigenvalue weighted by Crippen LogP contribution is 2.13. The molecule has 2 rings (SSSR count). The summed E-state index contributed by atoms with van der Waals surface area (Å²) < 4.78 is 5.30. The van der Waals surface area contributed by atoms with Crippen LogP contribution in [0.3, 0.4) is 0 Å². The predicted molar refractivity (Wildman–Crippen MR) is 102 cm³/mol. The van der Waals surface area contributed by atoms with Crippen LogP contribution >= 0.6 is 0 Å². The van der Waals surface area contributed by atoms with Gasteiger partial charge in [0.15, 0.2) is 0 Å². The van der Waals surface area contributed by atoms with Gasteiger partial charge in [-0.25, -0.2) is 4.99 Å². The molecule has 0 bridgehead atoms. The Morgan fingerprint density at radius 1 is 1.35 bits per heavy atom. The van der Waals surface area contributed by atoms with E-state index in [2.05, 4.69) is 22.2 Å². The van der Waals surface area contributed by atoms with Crippen molar-refractivity contribution in [3.63, 3.8) is 0 Å². The lowest BCUT2D eigenvalue weighted by Gasteiger charge is -2.30. The maximum absolute atomic E-state index is 11.7. The molecule has 140 valence electrons. The van der Waals surface area contributed by atoms with E-state index in [1.54, 1.807) is 12.1 Å². The van der Waals surface area contributed by atoms with E-state index < -0.39 is 5.91 Å². The van der Waals surface area contributed by atoms with E-state index in [1.807, 2.05) is 19.1 Å². The average molecular weight is 358 g/mol. The fourth-order valence-corrected chi connectivity index (χ4v) is 2.45. The number of benzene rings is 1. The van der Waals surface area contributed by atoms with Crippen LogP contribution in [0.15, 0.2) is 53.4 Å². The van der Waals surface area contributed by atoms with E-state index in [0.29, 0.717) is 24.7 Å². The van der Waals surface area contributed by atoms with Crippen molar-refractivity contribution in [3.8, 4) is 0 Å². The van der Waals surface area contributed by atoms with E-state index in [0.717, 1.165) is 12.0 Å². The van der Waals surface area contributed by atoms with Gasteiger partial charge in [-0.2, -0.15) is 0 Å². The van der Waals surface area contributed by atoms with Gasteiger partial charge >= 0.3 is 0 Å². The summed E-state index contributed by atoms with van der Waals surface area (Å²) >= 11 is 0. The summed E-state index contributed by atoms with van der Waals surface area (Å²) in [6.07, 6.45) is 2.15. The molecule has 1 saturated heterocycles. The number of rotatable bonds is 7. The normalized spacial score (nSPS) is 21.2. The van der Waals surface area contributed by atoms with Crippen molar-refractivity contribution in [2.24, 2.45) is 22.2 Å². The number of amidine groups is 1. The number of ether oxygens (including phenoxy) is 1. The summed E-state index contributed by atoms with van der Waals surface area (Å²) in [7, 11) is 0. The minimum atomic E-state index is -0.693. The minimum Gasteiger partial charge on any atom is -0.383 e. The third kappa shape index (κ3) is 5.61. The summed E-state index contributed by atoms with van der Waals surface area (Å²) in [4.78, 5) is 15.9. The van der Waals surface area contributed by atoms with Crippen LogP contribution in [0.4, 0.5) is 5.69 Å².